The summed E-state index contributed by atoms with van der Waals surface area (Å²) in [5, 5.41) is 0. The molecule has 0 N–H and O–H groups in total. The smallest absolute Gasteiger partial charge is 0.0148 e. The van der Waals surface area contributed by atoms with Gasteiger partial charge in [0, 0.05) is 4.91 Å². The molecule has 0 heterocycles. The van der Waals surface area contributed by atoms with E-state index in [1.807, 2.05) is 11.8 Å². The number of rotatable bonds is 1. The van der Waals surface area contributed by atoms with Gasteiger partial charge in [-0.2, -0.15) is 0 Å². The average Bonchev–Trinajstić information content (AvgIpc) is 3.10. The highest BCUT2D eigenvalue weighted by molar-refractivity contribution is 8.02. The van der Waals surface area contributed by atoms with Crippen molar-refractivity contribution in [1.29, 1.82) is 0 Å². The van der Waals surface area contributed by atoms with Crippen molar-refractivity contribution in [2.24, 2.45) is 0 Å². The highest BCUT2D eigenvalue weighted by atomic mass is 32.2. The molecule has 88 valence electrons. The zero-order chi connectivity index (χ0) is 12.4. The molecule has 0 bridgehead atoms. The Hall–Kier alpha value is -1.73. The third-order valence-corrected chi connectivity index (χ3v) is 3.98. The molecule has 0 radical (unpaired) electrons. The van der Waals surface area contributed by atoms with Crippen LogP contribution in [0.4, 0.5) is 0 Å². The Balaban J connectivity index is 0.000000114. The summed E-state index contributed by atoms with van der Waals surface area (Å²) in [5.41, 5.74) is 5.46. The molecule has 0 aromatic heterocycles. The summed E-state index contributed by atoms with van der Waals surface area (Å²) < 4.78 is 0. The predicted molar refractivity (Wildman–Crippen MR) is 81.4 cm³/mol. The maximum Gasteiger partial charge on any atom is 0.0148 e. The quantitative estimate of drug-likeness (QED) is 0.653. The van der Waals surface area contributed by atoms with Crippen molar-refractivity contribution in [2.45, 2.75) is 0 Å². The topological polar surface area (TPSA) is 0 Å². The molecule has 0 unspecified atom stereocenters. The summed E-state index contributed by atoms with van der Waals surface area (Å²) >= 11 is 1.81. The molecule has 0 saturated carbocycles. The highest BCUT2D eigenvalue weighted by Gasteiger charge is 2.14. The largest absolute Gasteiger partial charge is 0.129 e. The average molecular weight is 250 g/mol. The van der Waals surface area contributed by atoms with Gasteiger partial charge in [-0.1, -0.05) is 60.8 Å². The Kier molecular flexibility index (Phi) is 3.07. The standard InChI is InChI=1S/C9H8S.C8H6/c1-10-9-6-5-7-3-2-4-8(7)9;1-3-7-5-2-6-8(7)4-1/h2-6H,1H3;1-6H. The summed E-state index contributed by atoms with van der Waals surface area (Å²) in [5.74, 6) is 0. The molecule has 0 spiro atoms. The van der Waals surface area contributed by atoms with Gasteiger partial charge in [0.25, 0.3) is 0 Å². The van der Waals surface area contributed by atoms with Crippen molar-refractivity contribution in [3.8, 4) is 0 Å². The maximum absolute atomic E-state index is 2.18. The second-order valence-corrected chi connectivity index (χ2v) is 5.11. The Labute approximate surface area is 112 Å². The molecule has 4 aliphatic carbocycles. The Morgan fingerprint density at radius 3 is 1.94 bits per heavy atom. The van der Waals surface area contributed by atoms with Gasteiger partial charge < -0.3 is 0 Å². The van der Waals surface area contributed by atoms with E-state index in [0.29, 0.717) is 0 Å². The minimum absolute atomic E-state index is 1.35. The molecule has 0 saturated heterocycles. The van der Waals surface area contributed by atoms with E-state index in [4.69, 9.17) is 0 Å². The number of allylic oxidation sites excluding steroid dienone is 15. The van der Waals surface area contributed by atoms with E-state index >= 15 is 0 Å². The molecule has 0 amide bonds. The van der Waals surface area contributed by atoms with E-state index in [-0.39, 0.29) is 0 Å². The lowest BCUT2D eigenvalue weighted by Crippen LogP contribution is -1.77. The molecule has 4 aliphatic rings. The summed E-state index contributed by atoms with van der Waals surface area (Å²) in [6, 6.07) is 0. The van der Waals surface area contributed by atoms with Gasteiger partial charge in [-0.15, -0.1) is 11.8 Å². The molecule has 0 aromatic rings. The SMILES string of the molecule is C1=CC2=CC=CC2=C1.CSC1=CC=C2C=CC=C21. The Bertz CT molecular complexity index is 588. The molecule has 0 nitrogen and oxygen atoms in total. The fourth-order valence-electron chi connectivity index (χ4n) is 2.24. The second kappa shape index (κ2) is 4.87. The zero-order valence-corrected chi connectivity index (χ0v) is 11.1. The minimum Gasteiger partial charge on any atom is -0.129 e. The van der Waals surface area contributed by atoms with Crippen LogP contribution >= 0.6 is 11.8 Å². The summed E-state index contributed by atoms with van der Waals surface area (Å²) in [6.07, 6.45) is 25.5. The van der Waals surface area contributed by atoms with Gasteiger partial charge in [0.05, 0.1) is 0 Å². The molecule has 4 rings (SSSR count). The van der Waals surface area contributed by atoms with E-state index in [0.717, 1.165) is 0 Å². The van der Waals surface area contributed by atoms with Crippen LogP contribution < -0.4 is 0 Å². The van der Waals surface area contributed by atoms with Gasteiger partial charge in [-0.25, -0.2) is 0 Å². The van der Waals surface area contributed by atoms with Crippen molar-refractivity contribution in [1.82, 2.24) is 0 Å². The third-order valence-electron chi connectivity index (χ3n) is 3.19. The monoisotopic (exact) mass is 250 g/mol. The fraction of sp³-hybridized carbons (Fsp3) is 0.0588. The molecule has 1 heteroatoms. The van der Waals surface area contributed by atoms with Gasteiger partial charge in [0.1, 0.15) is 0 Å². The molecule has 0 atom stereocenters. The first-order valence-electron chi connectivity index (χ1n) is 6.01. The van der Waals surface area contributed by atoms with Crippen LogP contribution in [0.5, 0.6) is 0 Å². The van der Waals surface area contributed by atoms with E-state index in [1.54, 1.807) is 0 Å². The minimum atomic E-state index is 1.35. The van der Waals surface area contributed by atoms with E-state index in [9.17, 15) is 0 Å². The van der Waals surface area contributed by atoms with Crippen molar-refractivity contribution < 1.29 is 0 Å². The van der Waals surface area contributed by atoms with Crippen LogP contribution in [0.2, 0.25) is 0 Å². The summed E-state index contributed by atoms with van der Waals surface area (Å²) in [6.45, 7) is 0. The molecule has 18 heavy (non-hydrogen) atoms. The Morgan fingerprint density at radius 2 is 1.28 bits per heavy atom. The molecule has 0 aromatic carbocycles. The lowest BCUT2D eigenvalue weighted by molar-refractivity contribution is 1.67. The van der Waals surface area contributed by atoms with Crippen LogP contribution in [0, 0.1) is 0 Å². The number of thioether (sulfide) groups is 1. The first-order chi connectivity index (χ1) is 8.88. The summed E-state index contributed by atoms with van der Waals surface area (Å²) in [4.78, 5) is 1.39. The zero-order valence-electron chi connectivity index (χ0n) is 10.3. The molecular weight excluding hydrogens is 236 g/mol. The van der Waals surface area contributed by atoms with Crippen LogP contribution in [0.25, 0.3) is 0 Å². The van der Waals surface area contributed by atoms with Gasteiger partial charge >= 0.3 is 0 Å². The van der Waals surface area contributed by atoms with E-state index in [1.165, 1.54) is 27.2 Å². The normalized spacial score (nSPS) is 20.6. The molecule has 0 aliphatic heterocycles. The molecule has 0 fully saturated rings. The van der Waals surface area contributed by atoms with Gasteiger partial charge in [-0.3, -0.25) is 0 Å². The van der Waals surface area contributed by atoms with Crippen LogP contribution in [-0.2, 0) is 0 Å². The fourth-order valence-corrected chi connectivity index (χ4v) is 2.85. The first kappa shape index (κ1) is 11.4. The summed E-state index contributed by atoms with van der Waals surface area (Å²) in [7, 11) is 0. The molecular formula is C17H14S. The lowest BCUT2D eigenvalue weighted by atomic mass is 10.2. The highest BCUT2D eigenvalue weighted by Crippen LogP contribution is 2.36. The second-order valence-electron chi connectivity index (χ2n) is 4.26. The first-order valence-corrected chi connectivity index (χ1v) is 7.23. The van der Waals surface area contributed by atoms with Crippen LogP contribution in [0.3, 0.4) is 0 Å². The van der Waals surface area contributed by atoms with Crippen molar-refractivity contribution in [3.05, 3.63) is 94.0 Å². The van der Waals surface area contributed by atoms with Gasteiger partial charge in [0.15, 0.2) is 0 Å². The van der Waals surface area contributed by atoms with Crippen molar-refractivity contribution in [2.75, 3.05) is 6.26 Å². The van der Waals surface area contributed by atoms with E-state index < -0.39 is 0 Å². The predicted octanol–water partition coefficient (Wildman–Crippen LogP) is 4.65. The van der Waals surface area contributed by atoms with Crippen molar-refractivity contribution in [3.63, 3.8) is 0 Å². The van der Waals surface area contributed by atoms with Gasteiger partial charge in [0.2, 0.25) is 0 Å². The lowest BCUT2D eigenvalue weighted by Gasteiger charge is -1.98. The number of fused-ring (bicyclic) bond motifs is 2. The van der Waals surface area contributed by atoms with Crippen LogP contribution in [-0.4, -0.2) is 6.26 Å². The maximum atomic E-state index is 2.18. The Morgan fingerprint density at radius 1 is 0.667 bits per heavy atom. The van der Waals surface area contributed by atoms with Crippen LogP contribution in [0.15, 0.2) is 94.0 Å². The van der Waals surface area contributed by atoms with Crippen molar-refractivity contribution >= 4 is 11.8 Å². The van der Waals surface area contributed by atoms with E-state index in [2.05, 4.69) is 73.1 Å². The van der Waals surface area contributed by atoms with Crippen LogP contribution in [0.1, 0.15) is 0 Å². The number of hydrogen-bond acceptors (Lipinski definition) is 1. The number of hydrogen-bond donors (Lipinski definition) is 0. The third kappa shape index (κ3) is 2.02. The van der Waals surface area contributed by atoms with Gasteiger partial charge in [-0.05, 0) is 34.6 Å².